The van der Waals surface area contributed by atoms with Gasteiger partial charge in [-0.15, -0.1) is 0 Å². The molecule has 3 rings (SSSR count). The maximum Gasteiger partial charge on any atom is 0.387 e. The van der Waals surface area contributed by atoms with Gasteiger partial charge in [0.25, 0.3) is 10.1 Å². The number of benzene rings is 2. The average Bonchev–Trinajstić information content (AvgIpc) is 2.82. The first-order valence-corrected chi connectivity index (χ1v) is 10.7. The Labute approximate surface area is 194 Å². The summed E-state index contributed by atoms with van der Waals surface area (Å²) >= 11 is 0. The van der Waals surface area contributed by atoms with E-state index in [9.17, 15) is 27.8 Å². The van der Waals surface area contributed by atoms with Crippen molar-refractivity contribution < 1.29 is 37.5 Å². The molecule has 0 spiro atoms. The van der Waals surface area contributed by atoms with Gasteiger partial charge in [0.1, 0.15) is 11.0 Å². The Morgan fingerprint density at radius 2 is 1.63 bits per heavy atom. The molecule has 2 aromatic carbocycles. The lowest BCUT2D eigenvalue weighted by Gasteiger charge is -2.26. The van der Waals surface area contributed by atoms with Gasteiger partial charge in [-0.05, 0) is 29.3 Å². The lowest BCUT2D eigenvalue weighted by molar-refractivity contribution is -0.187. The van der Waals surface area contributed by atoms with Gasteiger partial charge in [-0.1, -0.05) is 33.6 Å². The highest BCUT2D eigenvalue weighted by atomic mass is 32.2. The van der Waals surface area contributed by atoms with Crippen molar-refractivity contribution >= 4 is 44.9 Å². The number of carbonyl (C=O) groups excluding carboxylic acids is 2. The van der Waals surface area contributed by atoms with E-state index in [1.54, 1.807) is 0 Å². The van der Waals surface area contributed by atoms with Crippen molar-refractivity contribution in [1.82, 2.24) is 0 Å². The van der Waals surface area contributed by atoms with Crippen molar-refractivity contribution in [3.05, 3.63) is 79.5 Å². The van der Waals surface area contributed by atoms with Gasteiger partial charge < -0.3 is 10.6 Å². The zero-order chi connectivity index (χ0) is 25.8. The van der Waals surface area contributed by atoms with Gasteiger partial charge in [0.15, 0.2) is 0 Å². The summed E-state index contributed by atoms with van der Waals surface area (Å²) in [6, 6.07) is 7.17. The summed E-state index contributed by atoms with van der Waals surface area (Å²) in [7, 11) is -4.90. The van der Waals surface area contributed by atoms with Crippen molar-refractivity contribution in [2.24, 2.45) is 15.4 Å². The number of hydrogen-bond donors (Lipinski definition) is 3. The normalized spacial score (nSPS) is 15.9. The van der Waals surface area contributed by atoms with E-state index >= 15 is 0 Å². The van der Waals surface area contributed by atoms with Crippen LogP contribution in [-0.2, 0) is 19.9 Å². The van der Waals surface area contributed by atoms with Crippen LogP contribution in [0.5, 0.6) is 0 Å². The number of oxime groups is 1. The van der Waals surface area contributed by atoms with Crippen LogP contribution in [0.3, 0.4) is 0 Å². The van der Waals surface area contributed by atoms with Gasteiger partial charge in [-0.2, -0.15) is 8.42 Å². The Morgan fingerprint density at radius 3 is 2.20 bits per heavy atom. The third kappa shape index (κ3) is 5.02. The zero-order valence-electron chi connectivity index (χ0n) is 17.1. The molecule has 2 aromatic rings. The van der Waals surface area contributed by atoms with Crippen molar-refractivity contribution in [1.29, 1.82) is 5.41 Å². The SMILES string of the molecule is [N-]=[N+]=Nc1ccc(C(=O)OOC(=O)c2ccc(N=[N+]=[N-])c3c2/C(=N/O)C(S(=O)(=O)O)CC3=N)cc1. The standard InChI is InChI=1S/C18H12N8O8S/c19-11-7-13(35(30,31)32)16(24-29)14-10(5-6-12(15(11)14)23-26-21)18(28)34-33-17(27)8-1-3-9(4-2-8)22-25-20/h1-6,13,19,29H,7H2,(H,30,31,32)/b19-11?,24-16+. The van der Waals surface area contributed by atoms with Crippen molar-refractivity contribution in [3.8, 4) is 0 Å². The minimum atomic E-state index is -4.90. The fourth-order valence-corrected chi connectivity index (χ4v) is 4.08. The van der Waals surface area contributed by atoms with Crippen LogP contribution in [0.1, 0.15) is 38.3 Å². The molecule has 1 unspecified atom stereocenters. The smallest absolute Gasteiger partial charge is 0.387 e. The van der Waals surface area contributed by atoms with E-state index in [4.69, 9.17) is 16.5 Å². The van der Waals surface area contributed by atoms with Gasteiger partial charge in [0, 0.05) is 44.5 Å². The molecular weight excluding hydrogens is 488 g/mol. The molecule has 0 bridgehead atoms. The molecular formula is C18H12N8O8S. The molecule has 0 saturated heterocycles. The molecule has 0 saturated carbocycles. The second-order valence-corrected chi connectivity index (χ2v) is 8.32. The first kappa shape index (κ1) is 24.7. The number of azide groups is 2. The predicted molar refractivity (Wildman–Crippen MR) is 116 cm³/mol. The molecule has 0 fully saturated rings. The minimum Gasteiger partial charge on any atom is -0.411 e. The van der Waals surface area contributed by atoms with E-state index in [1.807, 2.05) is 0 Å². The fraction of sp³-hybridized carbons (Fsp3) is 0.111. The molecule has 35 heavy (non-hydrogen) atoms. The molecule has 0 radical (unpaired) electrons. The van der Waals surface area contributed by atoms with E-state index in [0.717, 1.165) is 12.1 Å². The fourth-order valence-electron chi connectivity index (χ4n) is 3.26. The average molecular weight is 500 g/mol. The van der Waals surface area contributed by atoms with E-state index in [-0.39, 0.29) is 22.5 Å². The third-order valence-corrected chi connectivity index (χ3v) is 5.84. The Morgan fingerprint density at radius 1 is 1.00 bits per heavy atom. The minimum absolute atomic E-state index is 0.0822. The van der Waals surface area contributed by atoms with Crippen LogP contribution in [-0.4, -0.2) is 46.8 Å². The van der Waals surface area contributed by atoms with Gasteiger partial charge in [-0.25, -0.2) is 19.4 Å². The number of nitrogens with one attached hydrogen (secondary N) is 1. The maximum absolute atomic E-state index is 12.7. The molecule has 178 valence electrons. The topological polar surface area (TPSA) is 261 Å². The summed E-state index contributed by atoms with van der Waals surface area (Å²) in [4.78, 5) is 39.1. The number of hydrogen-bond acceptors (Lipinski definition) is 11. The van der Waals surface area contributed by atoms with Crippen LogP contribution in [0.4, 0.5) is 11.4 Å². The number of nitrogens with zero attached hydrogens (tertiary/aromatic N) is 7. The van der Waals surface area contributed by atoms with Gasteiger partial charge in [-0.3, -0.25) is 4.55 Å². The van der Waals surface area contributed by atoms with Gasteiger partial charge in [0.05, 0.1) is 11.1 Å². The lowest BCUT2D eigenvalue weighted by atomic mass is 9.84. The first-order chi connectivity index (χ1) is 16.6. The van der Waals surface area contributed by atoms with Crippen LogP contribution in [0.15, 0.2) is 51.8 Å². The van der Waals surface area contributed by atoms with Crippen molar-refractivity contribution in [3.63, 3.8) is 0 Å². The highest BCUT2D eigenvalue weighted by Gasteiger charge is 2.41. The Kier molecular flexibility index (Phi) is 6.98. The number of fused-ring (bicyclic) bond motifs is 1. The van der Waals surface area contributed by atoms with Gasteiger partial charge >= 0.3 is 11.9 Å². The summed E-state index contributed by atoms with van der Waals surface area (Å²) in [5.41, 5.74) is 14.7. The van der Waals surface area contributed by atoms with Crippen LogP contribution < -0.4 is 0 Å². The first-order valence-electron chi connectivity index (χ1n) is 9.19. The molecule has 0 amide bonds. The maximum atomic E-state index is 12.7. The molecule has 17 heteroatoms. The van der Waals surface area contributed by atoms with Crippen LogP contribution >= 0.6 is 0 Å². The molecule has 0 heterocycles. The van der Waals surface area contributed by atoms with E-state index in [2.05, 4.69) is 35.0 Å². The second kappa shape index (κ2) is 9.90. The van der Waals surface area contributed by atoms with E-state index in [1.165, 1.54) is 24.3 Å². The van der Waals surface area contributed by atoms with Crippen LogP contribution in [0.25, 0.3) is 20.9 Å². The van der Waals surface area contributed by atoms with E-state index < -0.39 is 56.3 Å². The third-order valence-electron chi connectivity index (χ3n) is 4.73. The second-order valence-electron chi connectivity index (χ2n) is 6.72. The van der Waals surface area contributed by atoms with Crippen molar-refractivity contribution in [2.75, 3.05) is 0 Å². The number of carbonyl (C=O) groups is 2. The summed E-state index contributed by atoms with van der Waals surface area (Å²) in [6.45, 7) is 0. The number of rotatable bonds is 5. The van der Waals surface area contributed by atoms with Crippen molar-refractivity contribution in [2.45, 2.75) is 11.7 Å². The molecule has 1 aliphatic rings. The van der Waals surface area contributed by atoms with Gasteiger partial charge in [0.2, 0.25) is 0 Å². The molecule has 3 N–H and O–H groups in total. The Balaban J connectivity index is 1.99. The lowest BCUT2D eigenvalue weighted by Crippen LogP contribution is -2.39. The van der Waals surface area contributed by atoms with Crippen LogP contribution in [0.2, 0.25) is 0 Å². The van der Waals surface area contributed by atoms with Crippen LogP contribution in [0, 0.1) is 5.41 Å². The molecule has 1 aliphatic carbocycles. The largest absolute Gasteiger partial charge is 0.411 e. The predicted octanol–water partition coefficient (Wildman–Crippen LogP) is 3.71. The zero-order valence-corrected chi connectivity index (χ0v) is 17.9. The Hall–Kier alpha value is -4.95. The molecule has 1 atom stereocenters. The summed E-state index contributed by atoms with van der Waals surface area (Å²) in [5, 5.41) is 25.3. The quantitative estimate of drug-likeness (QED) is 0.103. The van der Waals surface area contributed by atoms with E-state index in [0.29, 0.717) is 0 Å². The highest BCUT2D eigenvalue weighted by molar-refractivity contribution is 7.87. The Bertz CT molecular complexity index is 1470. The molecule has 0 aromatic heterocycles. The summed E-state index contributed by atoms with van der Waals surface area (Å²) < 4.78 is 33.2. The molecule has 0 aliphatic heterocycles. The monoisotopic (exact) mass is 500 g/mol. The highest BCUT2D eigenvalue weighted by Crippen LogP contribution is 2.35. The molecule has 16 nitrogen and oxygen atoms in total. The summed E-state index contributed by atoms with van der Waals surface area (Å²) in [6.07, 6.45) is -0.654. The summed E-state index contributed by atoms with van der Waals surface area (Å²) in [5.74, 6) is -2.48.